The molecule has 88 heavy (non-hydrogen) atoms. The normalized spacial score (nSPS) is 11.4. The van der Waals surface area contributed by atoms with Crippen LogP contribution in [0.2, 0.25) is 30.9 Å². The first-order valence-corrected chi connectivity index (χ1v) is 28.4. The Morgan fingerprint density at radius 1 is 0.432 bits per heavy atom. The Bertz CT molecular complexity index is 4380. The van der Waals surface area contributed by atoms with E-state index in [1.165, 1.54) is 12.1 Å². The quantitative estimate of drug-likeness (QED) is 0.0194. The van der Waals surface area contributed by atoms with Crippen molar-refractivity contribution >= 4 is 189 Å². The van der Waals surface area contributed by atoms with Crippen LogP contribution in [0, 0.1) is 20.2 Å². The van der Waals surface area contributed by atoms with E-state index in [1.807, 2.05) is 0 Å². The van der Waals surface area contributed by atoms with Gasteiger partial charge in [-0.05, 0) is 70.4 Å². The average Bonchev–Trinajstić information content (AvgIpc) is 1.15. The number of nitrogens with one attached hydrogen (secondary N) is 2. The van der Waals surface area contributed by atoms with Gasteiger partial charge in [-0.3, -0.25) is 20.2 Å². The molecule has 0 aliphatic heterocycles. The Balaban J connectivity index is 0.000000824. The number of nitrogens with zero attached hydrogens (tertiary/aromatic N) is 10. The van der Waals surface area contributed by atoms with Crippen molar-refractivity contribution in [1.29, 1.82) is 0 Å². The molecule has 2 N–H and O–H groups in total. The fourth-order valence-electron chi connectivity index (χ4n) is 6.66. The molecule has 8 aromatic rings. The van der Waals surface area contributed by atoms with E-state index in [-0.39, 0.29) is 252 Å². The van der Waals surface area contributed by atoms with Crippen molar-refractivity contribution < 1.29 is 247 Å². The molecule has 8 rings (SSSR count). The van der Waals surface area contributed by atoms with Crippen LogP contribution in [0.15, 0.2) is 113 Å². The van der Waals surface area contributed by atoms with Gasteiger partial charge >= 0.3 is 165 Å². The number of anilines is 4. The van der Waals surface area contributed by atoms with E-state index >= 15 is 0 Å². The summed E-state index contributed by atoms with van der Waals surface area (Å²) < 4.78 is 138. The number of hydrogen-bond acceptors (Lipinski definition) is 30. The van der Waals surface area contributed by atoms with Crippen molar-refractivity contribution in [1.82, 2.24) is 19.9 Å². The van der Waals surface area contributed by atoms with E-state index < -0.39 is 127 Å². The molecule has 0 unspecified atom stereocenters. The molecule has 0 amide bonds. The summed E-state index contributed by atoms with van der Waals surface area (Å²) in [5.74, 6) is -5.78. The molecule has 434 valence electrons. The standard InChI is InChI=1S/2C20H11Cl3N6O10S2.Co.5Na/c2*21-14-18(22)25-20(23)26-19(14)24-11-3-7-1-2-9(40(34,35)36)6-10(7)15(17(11)31)28-27-12-4-8(29(32)33)5-13(16(12)30)41(37,38)39;;;;;;/h2*1-6,30-31H,(H,24,25,26)(H,34,35,36)(H,37,38,39);;;;;;/q;;+3;5*+1/p-8. The number of non-ortho nitro benzene ring substituents is 2. The number of nitro groups is 2. The second-order valence-electron chi connectivity index (χ2n) is 15.4. The number of halogens is 6. The Kier molecular flexibility index (Phi) is 31.6. The molecule has 6 aromatic carbocycles. The van der Waals surface area contributed by atoms with Gasteiger partial charge < -0.3 is 49.3 Å². The van der Waals surface area contributed by atoms with Crippen LogP contribution in [0.4, 0.5) is 57.1 Å². The van der Waals surface area contributed by atoms with E-state index in [0.717, 1.165) is 36.4 Å². The molecule has 0 saturated heterocycles. The van der Waals surface area contributed by atoms with E-state index in [9.17, 15) is 92.5 Å². The minimum Gasteiger partial charge on any atom is -0.870 e. The fraction of sp³-hybridized carbons (Fsp3) is 0. The third kappa shape index (κ3) is 19.9. The SMILES string of the molecule is O=[N+]([O-])c1cc(N=Nc2c([O-])c(Nc3nc(Cl)nc(Cl)c3Cl)cc3ccc(S(=O)(=O)[O-])cc23)c([O-])c(S(=O)(=O)[O-])c1.O=[N+]([O-])c1cc(N=Nc2c([O-])c(Nc3nc(Cl)nc(Cl)c3Cl)cc3ccc(S(=O)(=O)[O-])cc23)c([O-])c(S(=O)(=O)[O-])c1.[Co+3].[Na+].[Na+].[Na+].[Na+].[Na+]. The molecule has 0 spiro atoms. The molecule has 0 aliphatic rings. The second kappa shape index (κ2) is 33.2. The summed E-state index contributed by atoms with van der Waals surface area (Å²) in [7, 11) is -21.1. The second-order valence-corrected chi connectivity index (χ2v) is 23.0. The largest absolute Gasteiger partial charge is 3.00 e. The maximum absolute atomic E-state index is 13.4. The smallest absolute Gasteiger partial charge is 0.870 e. The average molecular weight is 1500 g/mol. The summed E-state index contributed by atoms with van der Waals surface area (Å²) in [5, 5.41) is 91.3. The molecule has 2 aromatic heterocycles. The topological polar surface area (TPSA) is 532 Å². The van der Waals surface area contributed by atoms with Crippen molar-refractivity contribution in [2.45, 2.75) is 19.6 Å². The summed E-state index contributed by atoms with van der Waals surface area (Å²) in [6.07, 6.45) is 0. The summed E-state index contributed by atoms with van der Waals surface area (Å²) in [4.78, 5) is 30.5. The van der Waals surface area contributed by atoms with Gasteiger partial charge in [0.1, 0.15) is 50.5 Å². The van der Waals surface area contributed by atoms with E-state index in [0.29, 0.717) is 12.1 Å². The minimum atomic E-state index is -5.50. The van der Waals surface area contributed by atoms with Crippen molar-refractivity contribution in [3.05, 3.63) is 124 Å². The van der Waals surface area contributed by atoms with Gasteiger partial charge in [0.05, 0.1) is 52.2 Å². The predicted octanol–water partition coefficient (Wildman–Crippen LogP) is -7.76. The van der Waals surface area contributed by atoms with Crippen LogP contribution in [-0.4, -0.2) is 81.7 Å². The zero-order valence-corrected chi connectivity index (χ0v) is 62.6. The zero-order valence-electron chi connectivity index (χ0n) is 43.8. The van der Waals surface area contributed by atoms with Gasteiger partial charge in [0.2, 0.25) is 10.6 Å². The third-order valence-corrected chi connectivity index (χ3v) is 15.4. The monoisotopic (exact) mass is 1490 g/mol. The number of aromatic nitrogens is 4. The van der Waals surface area contributed by atoms with Gasteiger partial charge in [0.25, 0.3) is 11.4 Å². The number of azo groups is 2. The van der Waals surface area contributed by atoms with Crippen molar-refractivity contribution in [2.24, 2.45) is 20.5 Å². The number of rotatable bonds is 14. The van der Waals surface area contributed by atoms with E-state index in [1.54, 1.807) is 0 Å². The van der Waals surface area contributed by atoms with Crippen LogP contribution in [0.3, 0.4) is 0 Å². The molecule has 0 fully saturated rings. The van der Waals surface area contributed by atoms with Crippen LogP contribution in [0.1, 0.15) is 0 Å². The molecule has 2 heterocycles. The Morgan fingerprint density at radius 2 is 0.750 bits per heavy atom. The summed E-state index contributed by atoms with van der Waals surface area (Å²) in [5.41, 5.74) is -6.22. The molecule has 0 aliphatic carbocycles. The molecular weight excluding hydrogens is 1480 g/mol. The first-order valence-electron chi connectivity index (χ1n) is 20.5. The predicted molar refractivity (Wildman–Crippen MR) is 273 cm³/mol. The van der Waals surface area contributed by atoms with Crippen LogP contribution in [-0.2, 0) is 57.3 Å². The number of benzene rings is 6. The molecular formula is C40H14Cl6CoN12Na5O20S4. The maximum Gasteiger partial charge on any atom is 3.00 e. The summed E-state index contributed by atoms with van der Waals surface area (Å²) >= 11 is 35.4. The third-order valence-electron chi connectivity index (χ3n) is 10.2. The fourth-order valence-corrected chi connectivity index (χ4v) is 9.88. The van der Waals surface area contributed by atoms with Gasteiger partial charge in [0, 0.05) is 46.4 Å². The van der Waals surface area contributed by atoms with Gasteiger partial charge in [-0.15, -0.1) is 0 Å². The van der Waals surface area contributed by atoms with Crippen LogP contribution >= 0.6 is 69.6 Å². The Morgan fingerprint density at radius 3 is 1.03 bits per heavy atom. The van der Waals surface area contributed by atoms with Gasteiger partial charge in [-0.1, -0.05) is 81.5 Å². The van der Waals surface area contributed by atoms with Crippen LogP contribution in [0.5, 0.6) is 23.0 Å². The molecule has 0 saturated carbocycles. The molecule has 0 radical (unpaired) electrons. The van der Waals surface area contributed by atoms with E-state index in [2.05, 4.69) is 51.0 Å². The molecule has 48 heteroatoms. The summed E-state index contributed by atoms with van der Waals surface area (Å²) in [6.45, 7) is 0. The minimum absolute atomic E-state index is 0. The molecule has 0 atom stereocenters. The van der Waals surface area contributed by atoms with Crippen molar-refractivity contribution in [2.75, 3.05) is 10.6 Å². The van der Waals surface area contributed by atoms with Gasteiger partial charge in [-0.2, -0.15) is 30.4 Å². The van der Waals surface area contributed by atoms with Crippen molar-refractivity contribution in [3.63, 3.8) is 0 Å². The first-order chi connectivity index (χ1) is 37.9. The number of fused-ring (bicyclic) bond motifs is 2. The number of hydrogen-bond donors (Lipinski definition) is 2. The number of nitro benzene ring substituents is 2. The van der Waals surface area contributed by atoms with Crippen LogP contribution in [0.25, 0.3) is 21.5 Å². The Labute approximate surface area is 643 Å². The van der Waals surface area contributed by atoms with E-state index in [4.69, 9.17) is 69.6 Å². The van der Waals surface area contributed by atoms with Gasteiger partial charge in [-0.25, -0.2) is 43.6 Å². The summed E-state index contributed by atoms with van der Waals surface area (Å²) in [6, 6.07) is 9.45. The first kappa shape index (κ1) is 83.7. The van der Waals surface area contributed by atoms with Crippen molar-refractivity contribution in [3.8, 4) is 23.0 Å². The van der Waals surface area contributed by atoms with Gasteiger partial charge in [0.15, 0.2) is 21.9 Å². The zero-order chi connectivity index (χ0) is 60.9. The van der Waals surface area contributed by atoms with Crippen LogP contribution < -0.4 is 179 Å². The Hall–Kier alpha value is -2.31. The maximum atomic E-state index is 13.4. The molecule has 0 bridgehead atoms. The molecule has 32 nitrogen and oxygen atoms in total.